The van der Waals surface area contributed by atoms with E-state index < -0.39 is 12.2 Å². The first-order chi connectivity index (χ1) is 11.1. The number of ether oxygens (including phenoxy) is 1. The third kappa shape index (κ3) is 1.59. The number of fused-ring (bicyclic) bond motifs is 6. The number of epoxide rings is 1. The van der Waals surface area contributed by atoms with Gasteiger partial charge in [0.15, 0.2) is 0 Å². The number of aryl methyl sites for hydroxylation is 2. The highest BCUT2D eigenvalue weighted by molar-refractivity contribution is 6.07. The minimum atomic E-state index is -0.871. The molecule has 1 aliphatic heterocycles. The summed E-state index contributed by atoms with van der Waals surface area (Å²) in [6.45, 7) is 4.29. The van der Waals surface area contributed by atoms with Crippen molar-refractivity contribution in [1.82, 2.24) is 0 Å². The zero-order valence-electron chi connectivity index (χ0n) is 13.1. The monoisotopic (exact) mass is 306 g/mol. The molecule has 0 saturated carbocycles. The molecule has 2 N–H and O–H groups in total. The molecule has 1 saturated heterocycles. The van der Waals surface area contributed by atoms with Crippen molar-refractivity contribution in [2.75, 3.05) is 0 Å². The van der Waals surface area contributed by atoms with E-state index in [9.17, 15) is 10.2 Å². The van der Waals surface area contributed by atoms with Crippen LogP contribution in [0.5, 0.6) is 0 Å². The second kappa shape index (κ2) is 4.32. The molecule has 0 radical (unpaired) electrons. The van der Waals surface area contributed by atoms with Gasteiger partial charge in [-0.1, -0.05) is 36.4 Å². The summed E-state index contributed by atoms with van der Waals surface area (Å²) in [4.78, 5) is 0. The first-order valence-corrected chi connectivity index (χ1v) is 8.05. The van der Waals surface area contributed by atoms with Crippen molar-refractivity contribution in [1.29, 1.82) is 0 Å². The molecule has 3 nitrogen and oxygen atoms in total. The molecule has 1 heterocycles. The van der Waals surface area contributed by atoms with Gasteiger partial charge in [-0.15, -0.1) is 0 Å². The molecule has 1 aliphatic carbocycles. The third-order valence-corrected chi connectivity index (χ3v) is 5.58. The van der Waals surface area contributed by atoms with Crippen LogP contribution in [-0.4, -0.2) is 22.4 Å². The van der Waals surface area contributed by atoms with Crippen LogP contribution < -0.4 is 0 Å². The van der Waals surface area contributed by atoms with Gasteiger partial charge in [0.05, 0.1) is 0 Å². The normalized spacial score (nSPS) is 28.7. The van der Waals surface area contributed by atoms with E-state index >= 15 is 0 Å². The number of rotatable bonds is 0. The molecule has 3 aromatic rings. The zero-order chi connectivity index (χ0) is 15.9. The molecule has 0 unspecified atom stereocenters. The molecular formula is C20H18O3. The van der Waals surface area contributed by atoms with Crippen molar-refractivity contribution in [3.05, 3.63) is 58.7 Å². The van der Waals surface area contributed by atoms with Crippen LogP contribution in [-0.2, 0) is 4.74 Å². The maximum atomic E-state index is 10.4. The topological polar surface area (TPSA) is 53.0 Å². The quantitative estimate of drug-likeness (QED) is 0.494. The van der Waals surface area contributed by atoms with Gasteiger partial charge in [-0.25, -0.2) is 0 Å². The van der Waals surface area contributed by atoms with Crippen LogP contribution in [0.3, 0.4) is 0 Å². The van der Waals surface area contributed by atoms with Crippen LogP contribution in [0.4, 0.5) is 0 Å². The molecular weight excluding hydrogens is 288 g/mol. The molecule has 23 heavy (non-hydrogen) atoms. The van der Waals surface area contributed by atoms with Gasteiger partial charge in [0.1, 0.15) is 24.4 Å². The molecule has 0 amide bonds. The van der Waals surface area contributed by atoms with E-state index in [1.807, 2.05) is 6.07 Å². The highest BCUT2D eigenvalue weighted by atomic mass is 16.6. The van der Waals surface area contributed by atoms with Gasteiger partial charge in [-0.05, 0) is 57.6 Å². The van der Waals surface area contributed by atoms with Crippen molar-refractivity contribution in [3.8, 4) is 0 Å². The van der Waals surface area contributed by atoms with E-state index in [-0.39, 0.29) is 12.2 Å². The number of hydrogen-bond donors (Lipinski definition) is 2. The van der Waals surface area contributed by atoms with Crippen LogP contribution in [0, 0.1) is 13.8 Å². The largest absolute Gasteiger partial charge is 0.387 e. The van der Waals surface area contributed by atoms with Crippen molar-refractivity contribution in [2.24, 2.45) is 0 Å². The molecule has 5 rings (SSSR count). The van der Waals surface area contributed by atoms with Crippen molar-refractivity contribution in [3.63, 3.8) is 0 Å². The lowest BCUT2D eigenvalue weighted by Crippen LogP contribution is -2.29. The smallest absolute Gasteiger partial charge is 0.118 e. The lowest BCUT2D eigenvalue weighted by Gasteiger charge is -2.26. The maximum Gasteiger partial charge on any atom is 0.118 e. The van der Waals surface area contributed by atoms with Crippen LogP contribution in [0.1, 0.15) is 34.5 Å². The standard InChI is InChI=1S/C20H18O3/c1-9-11-5-3-4-6-12(11)10(2)15-13(9)7-8-14-16(15)19-20(23-19)18(22)17(14)21/h3-8,17-22H,1-2H3/t17-,18+,19-,20+/m0/s1. The minimum Gasteiger partial charge on any atom is -0.387 e. The molecule has 0 spiro atoms. The summed E-state index contributed by atoms with van der Waals surface area (Å²) >= 11 is 0. The van der Waals surface area contributed by atoms with Crippen LogP contribution >= 0.6 is 0 Å². The zero-order valence-corrected chi connectivity index (χ0v) is 13.1. The van der Waals surface area contributed by atoms with Crippen molar-refractivity contribution < 1.29 is 14.9 Å². The molecule has 1 fully saturated rings. The number of hydrogen-bond acceptors (Lipinski definition) is 3. The lowest BCUT2D eigenvalue weighted by atomic mass is 9.81. The highest BCUT2D eigenvalue weighted by Crippen LogP contribution is 2.54. The second-order valence-corrected chi connectivity index (χ2v) is 6.74. The van der Waals surface area contributed by atoms with Gasteiger partial charge < -0.3 is 14.9 Å². The van der Waals surface area contributed by atoms with Gasteiger partial charge >= 0.3 is 0 Å². The van der Waals surface area contributed by atoms with E-state index in [1.54, 1.807) is 0 Å². The minimum absolute atomic E-state index is 0.0913. The Morgan fingerprint density at radius 2 is 1.57 bits per heavy atom. The van der Waals surface area contributed by atoms with Crippen molar-refractivity contribution >= 4 is 21.5 Å². The Morgan fingerprint density at radius 1 is 0.870 bits per heavy atom. The SMILES string of the molecule is Cc1c2ccccc2c(C)c2c3c(ccc12)[C@H](O)[C@@H](O)[C@H]1O[C@@H]31. The Balaban J connectivity index is 1.97. The summed E-state index contributed by atoms with van der Waals surface area (Å²) in [6.07, 6.45) is -2.06. The first-order valence-electron chi connectivity index (χ1n) is 8.05. The molecule has 4 atom stereocenters. The van der Waals surface area contributed by atoms with E-state index in [0.717, 1.165) is 11.1 Å². The van der Waals surface area contributed by atoms with E-state index in [0.29, 0.717) is 0 Å². The number of aliphatic hydroxyl groups is 2. The first kappa shape index (κ1) is 13.5. The molecule has 3 heteroatoms. The molecule has 0 bridgehead atoms. The summed E-state index contributed by atoms with van der Waals surface area (Å²) in [6, 6.07) is 12.5. The third-order valence-electron chi connectivity index (χ3n) is 5.58. The predicted molar refractivity (Wildman–Crippen MR) is 89.5 cm³/mol. The van der Waals surface area contributed by atoms with Crippen LogP contribution in [0.25, 0.3) is 21.5 Å². The van der Waals surface area contributed by atoms with Gasteiger partial charge in [0.25, 0.3) is 0 Å². The average molecular weight is 306 g/mol. The van der Waals surface area contributed by atoms with Gasteiger partial charge in [-0.3, -0.25) is 0 Å². The second-order valence-electron chi connectivity index (χ2n) is 6.74. The summed E-state index contributed by atoms with van der Waals surface area (Å²) in [5, 5.41) is 25.4. The summed E-state index contributed by atoms with van der Waals surface area (Å²) in [5.41, 5.74) is 4.34. The Labute approximate surface area is 134 Å². The Bertz CT molecular complexity index is 976. The summed E-state index contributed by atoms with van der Waals surface area (Å²) in [7, 11) is 0. The predicted octanol–water partition coefficient (Wildman–Crippen LogP) is 3.46. The highest BCUT2D eigenvalue weighted by Gasteiger charge is 2.54. The summed E-state index contributed by atoms with van der Waals surface area (Å²) < 4.78 is 5.69. The molecule has 116 valence electrons. The Hall–Kier alpha value is -1.94. The van der Waals surface area contributed by atoms with Crippen LogP contribution in [0.15, 0.2) is 36.4 Å². The van der Waals surface area contributed by atoms with Gasteiger partial charge in [-0.2, -0.15) is 0 Å². The van der Waals surface area contributed by atoms with E-state index in [1.165, 1.54) is 32.7 Å². The molecule has 3 aromatic carbocycles. The van der Waals surface area contributed by atoms with E-state index in [4.69, 9.17) is 4.74 Å². The fourth-order valence-electron chi connectivity index (χ4n) is 4.31. The Kier molecular flexibility index (Phi) is 2.54. The van der Waals surface area contributed by atoms with Gasteiger partial charge in [0, 0.05) is 0 Å². The number of aliphatic hydroxyl groups excluding tert-OH is 2. The van der Waals surface area contributed by atoms with Crippen LogP contribution in [0.2, 0.25) is 0 Å². The fraction of sp³-hybridized carbons (Fsp3) is 0.300. The average Bonchev–Trinajstić information content (AvgIpc) is 3.37. The maximum absolute atomic E-state index is 10.4. The Morgan fingerprint density at radius 3 is 2.30 bits per heavy atom. The van der Waals surface area contributed by atoms with Crippen molar-refractivity contribution in [2.45, 2.75) is 38.3 Å². The molecule has 2 aliphatic rings. The molecule has 0 aromatic heterocycles. The number of benzene rings is 3. The summed E-state index contributed by atoms with van der Waals surface area (Å²) in [5.74, 6) is 0. The van der Waals surface area contributed by atoms with E-state index in [2.05, 4.69) is 44.2 Å². The fourth-order valence-corrected chi connectivity index (χ4v) is 4.31. The van der Waals surface area contributed by atoms with Gasteiger partial charge in [0.2, 0.25) is 0 Å². The lowest BCUT2D eigenvalue weighted by molar-refractivity contribution is 0.000104.